The van der Waals surface area contributed by atoms with Crippen LogP contribution in [0.3, 0.4) is 0 Å². The van der Waals surface area contributed by atoms with Crippen LogP contribution in [0.2, 0.25) is 6.04 Å². The fraction of sp³-hybridized carbons (Fsp3) is 1.00. The number of hydrogen-bond donors (Lipinski definition) is 0. The first-order valence-electron chi connectivity index (χ1n) is 8.79. The van der Waals surface area contributed by atoms with Crippen LogP contribution in [-0.4, -0.2) is 25.6 Å². The Labute approximate surface area is 140 Å². The van der Waals surface area contributed by atoms with Gasteiger partial charge in [-0.3, -0.25) is 0 Å². The summed E-state index contributed by atoms with van der Waals surface area (Å²) in [5.74, 6) is 0. The first-order chi connectivity index (χ1) is 9.68. The summed E-state index contributed by atoms with van der Waals surface area (Å²) in [4.78, 5) is 0. The molecule has 0 aromatic rings. The number of rotatable bonds is 8. The van der Waals surface area contributed by atoms with Crippen molar-refractivity contribution in [2.24, 2.45) is 0 Å². The summed E-state index contributed by atoms with van der Waals surface area (Å²) >= 11 is 0. The molecule has 0 aromatic carbocycles. The molecule has 0 rings (SSSR count). The second-order valence-electron chi connectivity index (χ2n) is 9.14. The van der Waals surface area contributed by atoms with Crippen molar-refractivity contribution in [1.29, 1.82) is 0 Å². The van der Waals surface area contributed by atoms with E-state index in [0.29, 0.717) is 0 Å². The summed E-state index contributed by atoms with van der Waals surface area (Å²) < 4.78 is 19.4. The Balaban J connectivity index is 5.30. The van der Waals surface area contributed by atoms with Crippen molar-refractivity contribution in [3.05, 3.63) is 0 Å². The molecule has 0 bridgehead atoms. The van der Waals surface area contributed by atoms with Gasteiger partial charge in [0.05, 0.1) is 16.8 Å². The molecule has 0 amide bonds. The normalized spacial score (nSPS) is 14.5. The van der Waals surface area contributed by atoms with Crippen molar-refractivity contribution >= 4 is 8.80 Å². The van der Waals surface area contributed by atoms with Crippen LogP contribution >= 0.6 is 0 Å². The molecule has 0 N–H and O–H groups in total. The molecule has 0 atom stereocenters. The Morgan fingerprint density at radius 2 is 0.955 bits per heavy atom. The van der Waals surface area contributed by atoms with Crippen LogP contribution in [0.1, 0.15) is 94.9 Å². The first kappa shape index (κ1) is 22.1. The zero-order valence-corrected chi connectivity index (χ0v) is 17.8. The van der Waals surface area contributed by atoms with Gasteiger partial charge in [-0.25, -0.2) is 0 Å². The summed E-state index contributed by atoms with van der Waals surface area (Å²) in [6.07, 6.45) is 4.79. The van der Waals surface area contributed by atoms with Crippen molar-refractivity contribution in [3.63, 3.8) is 0 Å². The van der Waals surface area contributed by atoms with E-state index in [4.69, 9.17) is 13.3 Å². The fourth-order valence-electron chi connectivity index (χ4n) is 2.38. The maximum Gasteiger partial charge on any atom is 0.502 e. The summed E-state index contributed by atoms with van der Waals surface area (Å²) in [5, 5.41) is 0. The van der Waals surface area contributed by atoms with Crippen LogP contribution in [0.5, 0.6) is 0 Å². The molecule has 0 aliphatic heterocycles. The summed E-state index contributed by atoms with van der Waals surface area (Å²) in [6, 6.07) is 0.888. The molecule has 22 heavy (non-hydrogen) atoms. The lowest BCUT2D eigenvalue weighted by molar-refractivity contribution is -0.0755. The lowest BCUT2D eigenvalue weighted by Crippen LogP contribution is -2.57. The lowest BCUT2D eigenvalue weighted by atomic mass is 10.2. The lowest BCUT2D eigenvalue weighted by Gasteiger charge is -2.43. The Morgan fingerprint density at radius 1 is 0.591 bits per heavy atom. The Bertz CT molecular complexity index is 267. The predicted octanol–water partition coefficient (Wildman–Crippen LogP) is 5.95. The van der Waals surface area contributed by atoms with E-state index in [-0.39, 0.29) is 16.8 Å². The molecule has 0 unspecified atom stereocenters. The molecular formula is C18H40O3Si. The van der Waals surface area contributed by atoms with E-state index in [1.165, 1.54) is 19.3 Å². The van der Waals surface area contributed by atoms with E-state index in [0.717, 1.165) is 12.5 Å². The quantitative estimate of drug-likeness (QED) is 0.406. The van der Waals surface area contributed by atoms with Gasteiger partial charge in [-0.15, -0.1) is 0 Å². The van der Waals surface area contributed by atoms with Gasteiger partial charge in [0.25, 0.3) is 0 Å². The highest BCUT2D eigenvalue weighted by Crippen LogP contribution is 2.33. The third kappa shape index (κ3) is 11.6. The average Bonchev–Trinajstić information content (AvgIpc) is 2.16. The zero-order chi connectivity index (χ0) is 17.7. The minimum Gasteiger partial charge on any atom is -0.368 e. The standard InChI is InChI=1S/C18H40O3Si/c1-11-12-13-14-15-22(19-16(2,3)4,20-17(5,6)7)21-18(8,9)10/h11-15H2,1-10H3. The monoisotopic (exact) mass is 332 g/mol. The van der Waals surface area contributed by atoms with Crippen LogP contribution < -0.4 is 0 Å². The van der Waals surface area contributed by atoms with Gasteiger partial charge in [0.2, 0.25) is 0 Å². The largest absolute Gasteiger partial charge is 0.502 e. The summed E-state index contributed by atoms with van der Waals surface area (Å²) in [5.41, 5.74) is -0.811. The van der Waals surface area contributed by atoms with Gasteiger partial charge in [-0.1, -0.05) is 26.2 Å². The van der Waals surface area contributed by atoms with Crippen LogP contribution in [0.25, 0.3) is 0 Å². The van der Waals surface area contributed by atoms with Gasteiger partial charge in [-0.2, -0.15) is 0 Å². The van der Waals surface area contributed by atoms with Crippen LogP contribution in [-0.2, 0) is 13.3 Å². The molecule has 4 heteroatoms. The molecule has 0 spiro atoms. The first-order valence-corrected chi connectivity index (χ1v) is 10.7. The van der Waals surface area contributed by atoms with Crippen molar-refractivity contribution < 1.29 is 13.3 Å². The highest BCUT2D eigenvalue weighted by molar-refractivity contribution is 6.61. The molecule has 0 saturated carbocycles. The van der Waals surface area contributed by atoms with Gasteiger partial charge in [0.1, 0.15) is 0 Å². The van der Waals surface area contributed by atoms with Crippen LogP contribution in [0.4, 0.5) is 0 Å². The molecule has 134 valence electrons. The second-order valence-corrected chi connectivity index (χ2v) is 11.6. The molecular weight excluding hydrogens is 292 g/mol. The highest BCUT2D eigenvalue weighted by Gasteiger charge is 2.49. The van der Waals surface area contributed by atoms with E-state index < -0.39 is 8.80 Å². The molecule has 3 nitrogen and oxygen atoms in total. The molecule has 0 fully saturated rings. The highest BCUT2D eigenvalue weighted by atomic mass is 28.4. The molecule has 0 heterocycles. The minimum absolute atomic E-state index is 0.270. The van der Waals surface area contributed by atoms with E-state index >= 15 is 0 Å². The minimum atomic E-state index is -2.75. The average molecular weight is 333 g/mol. The fourth-order valence-corrected chi connectivity index (χ4v) is 6.30. The van der Waals surface area contributed by atoms with Gasteiger partial charge in [-0.05, 0) is 68.7 Å². The smallest absolute Gasteiger partial charge is 0.368 e. The predicted molar refractivity (Wildman–Crippen MR) is 97.2 cm³/mol. The Hall–Kier alpha value is 0.0969. The zero-order valence-electron chi connectivity index (χ0n) is 16.8. The third-order valence-electron chi connectivity index (χ3n) is 2.72. The maximum atomic E-state index is 6.45. The second kappa shape index (κ2) is 8.27. The van der Waals surface area contributed by atoms with Gasteiger partial charge >= 0.3 is 8.80 Å². The summed E-state index contributed by atoms with van der Waals surface area (Å²) in [6.45, 7) is 21.0. The van der Waals surface area contributed by atoms with E-state index in [1.807, 2.05) is 0 Å². The van der Waals surface area contributed by atoms with Gasteiger partial charge in [0.15, 0.2) is 0 Å². The van der Waals surface area contributed by atoms with Crippen molar-refractivity contribution in [2.45, 2.75) is 118 Å². The van der Waals surface area contributed by atoms with Crippen molar-refractivity contribution in [2.75, 3.05) is 0 Å². The third-order valence-corrected chi connectivity index (χ3v) is 6.46. The van der Waals surface area contributed by atoms with Gasteiger partial charge < -0.3 is 13.3 Å². The number of unbranched alkanes of at least 4 members (excludes halogenated alkanes) is 3. The molecule has 0 aliphatic carbocycles. The summed E-state index contributed by atoms with van der Waals surface area (Å²) in [7, 11) is -2.75. The maximum absolute atomic E-state index is 6.45. The number of hydrogen-bond acceptors (Lipinski definition) is 3. The molecule has 0 aromatic heterocycles. The molecule has 0 radical (unpaired) electrons. The van der Waals surface area contributed by atoms with Crippen LogP contribution in [0.15, 0.2) is 0 Å². The van der Waals surface area contributed by atoms with Crippen molar-refractivity contribution in [1.82, 2.24) is 0 Å². The van der Waals surface area contributed by atoms with Crippen molar-refractivity contribution in [3.8, 4) is 0 Å². The van der Waals surface area contributed by atoms with E-state index in [1.54, 1.807) is 0 Å². The SMILES string of the molecule is CCCCCC[Si](OC(C)(C)C)(OC(C)(C)C)OC(C)(C)C. The van der Waals surface area contributed by atoms with E-state index in [2.05, 4.69) is 69.2 Å². The van der Waals surface area contributed by atoms with Gasteiger partial charge in [0, 0.05) is 6.04 Å². The molecule has 0 saturated heterocycles. The Morgan fingerprint density at radius 3 is 1.23 bits per heavy atom. The van der Waals surface area contributed by atoms with E-state index in [9.17, 15) is 0 Å². The Kier molecular flexibility index (Phi) is 8.31. The topological polar surface area (TPSA) is 27.7 Å². The molecule has 0 aliphatic rings. The van der Waals surface area contributed by atoms with Crippen LogP contribution in [0, 0.1) is 0 Å².